The maximum atomic E-state index is 15.6. The smallest absolute Gasteiger partial charge is 0.242 e. The Morgan fingerprint density at radius 3 is 0.453 bits per heavy atom. The third-order valence-corrected chi connectivity index (χ3v) is 20.3. The predicted octanol–water partition coefficient (Wildman–Crippen LogP) is -3.17. The number of rotatable bonds is 81. The molecule has 0 aliphatic carbocycles. The van der Waals surface area contributed by atoms with E-state index in [2.05, 4.69) is 50.2 Å². The first kappa shape index (κ1) is 119. The SMILES string of the molecule is C.NC(=O)CN(CCCCCCN=C(N)N)C(=O)CN(CCCCCCN=C(N)N)C(=O)CN(CCCCCCN=C(N)N)C(=O)CN(CCCCCCN=C(N)N)C(=O)CN(CCCCCCN=C(N)N)C(=O)CN(CCCCCCN=C(N)N)C(=O)CN(CCCCCCN=C(N)N)C(=O)CN(CCCCCCN=C(N)N)C(=O)CNCCCCCCN=C(N)N. The second-order valence-corrected chi connectivity index (χ2v) is 31.7. The number of carbonyl (C=O) groups is 9. The molecule has 46 heteroatoms. The zero-order valence-corrected chi connectivity index (χ0v) is 76.3. The Hall–Kier alpha value is -11.4. The van der Waals surface area contributed by atoms with E-state index in [1.807, 2.05) is 0 Å². The van der Waals surface area contributed by atoms with Crippen LogP contribution in [-0.4, -0.2) is 323 Å². The van der Waals surface area contributed by atoms with Crippen LogP contribution in [0.5, 0.6) is 0 Å². The number of hydrogen-bond donors (Lipinski definition) is 20. The number of aliphatic imine (C=N–C) groups is 9. The molecule has 0 atom stereocenters. The highest BCUT2D eigenvalue weighted by atomic mass is 16.2. The highest BCUT2D eigenvalue weighted by molar-refractivity contribution is 5.94. The summed E-state index contributed by atoms with van der Waals surface area (Å²) < 4.78 is 0. The molecule has 0 bridgehead atoms. The largest absolute Gasteiger partial charge is 0.370 e. The van der Waals surface area contributed by atoms with Crippen molar-refractivity contribution in [3.05, 3.63) is 0 Å². The van der Waals surface area contributed by atoms with E-state index in [1.165, 1.54) is 39.2 Å². The molecule has 0 fully saturated rings. The molecule has 39 N–H and O–H groups in total. The summed E-state index contributed by atoms with van der Waals surface area (Å²) in [4.78, 5) is 182. The van der Waals surface area contributed by atoms with Crippen LogP contribution in [0.15, 0.2) is 44.9 Å². The van der Waals surface area contributed by atoms with Gasteiger partial charge >= 0.3 is 0 Å². The third kappa shape index (κ3) is 70.7. The number of guanidine groups is 9. The molecule has 736 valence electrons. The first-order valence-corrected chi connectivity index (χ1v) is 45.4. The van der Waals surface area contributed by atoms with Gasteiger partial charge in [-0.2, -0.15) is 0 Å². The van der Waals surface area contributed by atoms with Crippen LogP contribution in [0.3, 0.4) is 0 Å². The maximum absolute atomic E-state index is 15.6. The lowest BCUT2D eigenvalue weighted by Crippen LogP contribution is -2.53. The summed E-state index contributed by atoms with van der Waals surface area (Å²) in [6.07, 6.45) is 22.3. The summed E-state index contributed by atoms with van der Waals surface area (Å²) in [5.74, 6) is -5.36. The standard InChI is InChI=1S/C81H165N37O9.CH4/c82-64(119)56-111(47-29-11-3-21-39-103-74(85)86)66(121)58-113(49-31-13-5-23-41-105-76(89)90)68(123)60-115(51-33-15-7-25-43-107-78(93)94)70(125)62-117(53-35-17-9-27-45-109-80(97)98)72(127)63-118(54-36-18-10-28-46-110-81(99)100)71(126)61-116(52-34-16-8-26-44-108-79(95)96)69(124)59-114(50-32-14-6-24-42-106-77(91)92)67(122)57-112(48-30-12-4-22-40-104-75(87)88)65(120)55-101-37-19-1-2-20-38-102-73(83)84;/h101H,1-63H2,(H2,82,119)(H4,83,84,102)(H4,85,86,103)(H4,87,88,104)(H4,89,90,105)(H4,91,92,106)(H4,93,94,107)(H4,95,96,108)(H4,97,98,109)(H4,99,100,110);1H4. The van der Waals surface area contributed by atoms with E-state index < -0.39 is 93.1 Å². The molecule has 0 saturated heterocycles. The van der Waals surface area contributed by atoms with Gasteiger partial charge in [0.1, 0.15) is 0 Å². The van der Waals surface area contributed by atoms with Crippen molar-refractivity contribution in [1.29, 1.82) is 0 Å². The van der Waals surface area contributed by atoms with E-state index in [4.69, 9.17) is 109 Å². The van der Waals surface area contributed by atoms with Crippen LogP contribution in [0.25, 0.3) is 0 Å². The number of amides is 9. The fourth-order valence-corrected chi connectivity index (χ4v) is 13.4. The summed E-state index contributed by atoms with van der Waals surface area (Å²) in [7, 11) is 0. The average Bonchev–Trinajstić information content (AvgIpc) is 0.855. The molecule has 0 spiro atoms. The van der Waals surface area contributed by atoms with Crippen molar-refractivity contribution in [2.24, 2.45) is 154 Å². The molecule has 9 amide bonds. The molecule has 0 aromatic rings. The van der Waals surface area contributed by atoms with E-state index in [-0.39, 0.29) is 132 Å². The zero-order chi connectivity index (χ0) is 94.6. The second kappa shape index (κ2) is 77.9. The van der Waals surface area contributed by atoms with E-state index in [0.29, 0.717) is 258 Å². The Balaban J connectivity index is 0. The lowest BCUT2D eigenvalue weighted by Gasteiger charge is -2.33. The van der Waals surface area contributed by atoms with Crippen molar-refractivity contribution in [3.63, 3.8) is 0 Å². The van der Waals surface area contributed by atoms with E-state index in [0.717, 1.165) is 38.5 Å². The predicted molar refractivity (Wildman–Crippen MR) is 514 cm³/mol. The zero-order valence-electron chi connectivity index (χ0n) is 76.3. The number of carbonyl (C=O) groups excluding carboxylic acids is 9. The molecule has 0 radical (unpaired) electrons. The van der Waals surface area contributed by atoms with Gasteiger partial charge in [-0.05, 0) is 122 Å². The highest BCUT2D eigenvalue weighted by Crippen LogP contribution is 2.16. The van der Waals surface area contributed by atoms with Gasteiger partial charge < -0.3 is 153 Å². The summed E-state index contributed by atoms with van der Waals surface area (Å²) in [6, 6.07) is 0. The first-order valence-electron chi connectivity index (χ1n) is 45.4. The molecule has 0 rings (SSSR count). The Morgan fingerprint density at radius 2 is 0.305 bits per heavy atom. The molecule has 46 nitrogen and oxygen atoms in total. The molecule has 0 aromatic heterocycles. The highest BCUT2D eigenvalue weighted by Gasteiger charge is 2.32. The topological polar surface area (TPSA) is 797 Å². The van der Waals surface area contributed by atoms with Crippen molar-refractivity contribution < 1.29 is 43.2 Å². The van der Waals surface area contributed by atoms with Crippen LogP contribution in [0, 0.1) is 0 Å². The van der Waals surface area contributed by atoms with Crippen LogP contribution >= 0.6 is 0 Å². The monoisotopic (exact) mass is 1820 g/mol. The molecule has 0 aromatic carbocycles. The molecular weight excluding hydrogens is 1650 g/mol. The molecule has 0 aliphatic rings. The summed E-state index contributed by atoms with van der Waals surface area (Å²) in [5, 5.41) is 3.25. The van der Waals surface area contributed by atoms with Gasteiger partial charge in [-0.25, -0.2) is 0 Å². The number of nitrogens with two attached hydrogens (primary N) is 19. The third-order valence-electron chi connectivity index (χ3n) is 20.3. The lowest BCUT2D eigenvalue weighted by molar-refractivity contribution is -0.148. The summed E-state index contributed by atoms with van der Waals surface area (Å²) in [6.45, 7) is 0.996. The molecule has 128 heavy (non-hydrogen) atoms. The Bertz CT molecular complexity index is 3340. The molecular formula is C82H169N37O9. The minimum atomic E-state index is -0.753. The van der Waals surface area contributed by atoms with Crippen molar-refractivity contribution >= 4 is 107 Å². The number of unbranched alkanes of at least 4 members (excludes halogenated alkanes) is 27. The van der Waals surface area contributed by atoms with Gasteiger partial charge in [0.2, 0.25) is 53.2 Å². The fraction of sp³-hybridized carbons (Fsp3) is 0.780. The minimum Gasteiger partial charge on any atom is -0.370 e. The molecule has 0 heterocycles. The van der Waals surface area contributed by atoms with Gasteiger partial charge in [-0.1, -0.05) is 123 Å². The average molecular weight is 1820 g/mol. The van der Waals surface area contributed by atoms with E-state index >= 15 is 28.8 Å². The van der Waals surface area contributed by atoms with Crippen LogP contribution < -0.4 is 114 Å². The van der Waals surface area contributed by atoms with Crippen molar-refractivity contribution in [1.82, 2.24) is 44.5 Å². The van der Waals surface area contributed by atoms with Gasteiger partial charge in [0.25, 0.3) is 0 Å². The Morgan fingerprint density at radius 1 is 0.172 bits per heavy atom. The maximum Gasteiger partial charge on any atom is 0.242 e. The number of nitrogens with zero attached hydrogens (tertiary/aromatic N) is 17. The van der Waals surface area contributed by atoms with Crippen molar-refractivity contribution in [3.8, 4) is 0 Å². The lowest BCUT2D eigenvalue weighted by atomic mass is 10.1. The van der Waals surface area contributed by atoms with Crippen LogP contribution in [-0.2, 0) is 43.2 Å². The van der Waals surface area contributed by atoms with E-state index in [1.54, 1.807) is 0 Å². The second-order valence-electron chi connectivity index (χ2n) is 31.7. The van der Waals surface area contributed by atoms with Crippen molar-refractivity contribution in [2.45, 2.75) is 239 Å². The normalized spacial score (nSPS) is 10.7. The first-order chi connectivity index (χ1) is 60.7. The summed E-state index contributed by atoms with van der Waals surface area (Å²) in [5.41, 5.74) is 106. The summed E-state index contributed by atoms with van der Waals surface area (Å²) >= 11 is 0. The Labute approximate surface area is 760 Å². The minimum absolute atomic E-state index is 0. The quantitative estimate of drug-likeness (QED) is 0.0162. The number of hydrogen-bond acceptors (Lipinski definition) is 19. The van der Waals surface area contributed by atoms with Crippen LogP contribution in [0.2, 0.25) is 0 Å². The fourth-order valence-electron chi connectivity index (χ4n) is 13.4. The van der Waals surface area contributed by atoms with Crippen molar-refractivity contribution in [2.75, 3.05) is 177 Å². The molecule has 0 unspecified atom stereocenters. The van der Waals surface area contributed by atoms with Gasteiger partial charge in [-0.15, -0.1) is 0 Å². The molecule has 0 saturated carbocycles. The van der Waals surface area contributed by atoms with Crippen LogP contribution in [0.4, 0.5) is 0 Å². The van der Waals surface area contributed by atoms with Gasteiger partial charge in [-0.3, -0.25) is 88.1 Å². The van der Waals surface area contributed by atoms with Gasteiger partial charge in [0.05, 0.1) is 58.9 Å². The molecule has 0 aliphatic heterocycles. The number of nitrogens with one attached hydrogen (secondary N) is 1. The number of primary amides is 1. The van der Waals surface area contributed by atoms with E-state index in [9.17, 15) is 14.4 Å². The van der Waals surface area contributed by atoms with Gasteiger partial charge in [0.15, 0.2) is 53.6 Å². The Kier molecular flexibility index (Phi) is 72.2. The van der Waals surface area contributed by atoms with Gasteiger partial charge in [0, 0.05) is 111 Å². The van der Waals surface area contributed by atoms with Crippen LogP contribution in [0.1, 0.15) is 239 Å².